The van der Waals surface area contributed by atoms with Crippen molar-refractivity contribution in [3.05, 3.63) is 48.5 Å². The van der Waals surface area contributed by atoms with E-state index in [-0.39, 0.29) is 24.9 Å². The van der Waals surface area contributed by atoms with Crippen LogP contribution in [0.3, 0.4) is 0 Å². The highest BCUT2D eigenvalue weighted by Gasteiger charge is 2.38. The summed E-state index contributed by atoms with van der Waals surface area (Å²) in [7, 11) is 0. The number of hydrogen-bond donors (Lipinski definition) is 3. The van der Waals surface area contributed by atoms with Gasteiger partial charge in [-0.15, -0.1) is 0 Å². The van der Waals surface area contributed by atoms with Crippen molar-refractivity contribution >= 4 is 40.9 Å². The van der Waals surface area contributed by atoms with Crippen LogP contribution in [0.15, 0.2) is 48.5 Å². The van der Waals surface area contributed by atoms with Gasteiger partial charge in [0.05, 0.1) is 11.4 Å². The van der Waals surface area contributed by atoms with Gasteiger partial charge in [-0.2, -0.15) is 0 Å². The fraction of sp³-hybridized carbons (Fsp3) is 0.500. The minimum atomic E-state index is -1.47. The van der Waals surface area contributed by atoms with Crippen molar-refractivity contribution in [2.45, 2.75) is 90.0 Å². The van der Waals surface area contributed by atoms with E-state index in [1.54, 1.807) is 39.0 Å². The molecule has 2 aromatic rings. The number of carbonyl (C=O) groups is 4. The Balaban J connectivity index is 1.60. The lowest BCUT2D eigenvalue weighted by Gasteiger charge is -2.37. The van der Waals surface area contributed by atoms with Gasteiger partial charge in [0, 0.05) is 24.3 Å². The Kier molecular flexibility index (Phi) is 9.52. The highest BCUT2D eigenvalue weighted by atomic mass is 16.6. The number of carboxylic acids is 1. The normalized spacial score (nSPS) is 17.9. The zero-order chi connectivity index (χ0) is 31.4. The molecule has 0 aromatic heterocycles. The van der Waals surface area contributed by atoms with Crippen molar-refractivity contribution in [1.82, 2.24) is 5.32 Å². The second kappa shape index (κ2) is 12.9. The Morgan fingerprint density at radius 3 is 2.28 bits per heavy atom. The number of anilines is 3. The Morgan fingerprint density at radius 2 is 1.63 bits per heavy atom. The topological polar surface area (TPSA) is 138 Å². The number of benzene rings is 2. The van der Waals surface area contributed by atoms with Gasteiger partial charge in [-0.05, 0) is 71.7 Å². The van der Waals surface area contributed by atoms with Crippen molar-refractivity contribution in [3.8, 4) is 5.75 Å². The van der Waals surface area contributed by atoms with Gasteiger partial charge in [0.2, 0.25) is 0 Å². The largest absolute Gasteiger partial charge is 0.478 e. The van der Waals surface area contributed by atoms with E-state index in [2.05, 4.69) is 15.5 Å². The van der Waals surface area contributed by atoms with E-state index in [0.717, 1.165) is 37.8 Å². The van der Waals surface area contributed by atoms with Crippen LogP contribution in [0.2, 0.25) is 0 Å². The molecule has 1 saturated carbocycles. The summed E-state index contributed by atoms with van der Waals surface area (Å²) in [5.41, 5.74) is -0.408. The van der Waals surface area contributed by atoms with Crippen LogP contribution in [0.1, 0.15) is 66.7 Å². The van der Waals surface area contributed by atoms with Gasteiger partial charge in [0.15, 0.2) is 5.60 Å². The van der Waals surface area contributed by atoms with Gasteiger partial charge < -0.3 is 30.1 Å². The predicted molar refractivity (Wildman–Crippen MR) is 164 cm³/mol. The number of aliphatic carboxylic acids is 1. The molecule has 0 bridgehead atoms. The minimum absolute atomic E-state index is 0.183. The lowest BCUT2D eigenvalue weighted by molar-refractivity contribution is -0.154. The molecule has 0 unspecified atom stereocenters. The molecule has 43 heavy (non-hydrogen) atoms. The molecule has 1 aliphatic carbocycles. The van der Waals surface area contributed by atoms with Crippen molar-refractivity contribution in [2.75, 3.05) is 28.2 Å². The molecular weight excluding hydrogens is 552 g/mol. The first-order chi connectivity index (χ1) is 20.2. The molecule has 232 valence electrons. The van der Waals surface area contributed by atoms with Crippen LogP contribution >= 0.6 is 0 Å². The van der Waals surface area contributed by atoms with Gasteiger partial charge in [0.1, 0.15) is 23.9 Å². The van der Waals surface area contributed by atoms with E-state index in [0.29, 0.717) is 11.4 Å². The third-order valence-corrected chi connectivity index (χ3v) is 7.43. The number of nitrogens with one attached hydrogen (secondary N) is 2. The zero-order valence-electron chi connectivity index (χ0n) is 25.5. The highest BCUT2D eigenvalue weighted by Crippen LogP contribution is 2.37. The van der Waals surface area contributed by atoms with Gasteiger partial charge in [-0.3, -0.25) is 14.5 Å². The third kappa shape index (κ3) is 8.18. The molecule has 0 radical (unpaired) electrons. The van der Waals surface area contributed by atoms with Crippen molar-refractivity contribution in [1.29, 1.82) is 0 Å². The number of carboxylic acid groups (broad SMARTS) is 1. The minimum Gasteiger partial charge on any atom is -0.478 e. The maximum absolute atomic E-state index is 14.1. The lowest BCUT2D eigenvalue weighted by atomic mass is 9.93. The molecule has 11 heteroatoms. The Morgan fingerprint density at radius 1 is 0.953 bits per heavy atom. The molecule has 11 nitrogen and oxygen atoms in total. The fourth-order valence-corrected chi connectivity index (χ4v) is 5.43. The molecule has 4 rings (SSSR count). The Labute approximate surface area is 252 Å². The number of urea groups is 1. The smallest absolute Gasteiger partial charge is 0.347 e. The highest BCUT2D eigenvalue weighted by molar-refractivity contribution is 6.06. The maximum Gasteiger partial charge on any atom is 0.347 e. The average molecular weight is 595 g/mol. The molecule has 1 heterocycles. The first kappa shape index (κ1) is 31.7. The Bertz CT molecular complexity index is 1350. The second-order valence-corrected chi connectivity index (χ2v) is 12.5. The van der Waals surface area contributed by atoms with Crippen LogP contribution in [0.4, 0.5) is 21.9 Å². The number of fused-ring (bicyclic) bond motifs is 1. The Hall–Kier alpha value is -4.28. The number of esters is 1. The van der Waals surface area contributed by atoms with E-state index >= 15 is 0 Å². The maximum atomic E-state index is 14.1. The molecule has 0 saturated heterocycles. The van der Waals surface area contributed by atoms with Crippen LogP contribution in [0.5, 0.6) is 5.75 Å². The van der Waals surface area contributed by atoms with Crippen LogP contribution in [0.25, 0.3) is 0 Å². The van der Waals surface area contributed by atoms with Gasteiger partial charge in [-0.25, -0.2) is 9.59 Å². The summed E-state index contributed by atoms with van der Waals surface area (Å²) < 4.78 is 11.1. The standard InChI is InChI=1S/C32H42N4O7/c1-31(2,3)43-27(37)20-36-26-17-10-9-16-25(26)35(22-13-7-6-8-14-22)19-24(28(36)38)34-30(41)33-21-12-11-15-23(18-21)42-32(4,5)29(39)40/h9-12,15-18,22,24H,6-8,13-14,19-20H2,1-5H3,(H,39,40)(H2,33,34,41)/t24-/m1/s1. The average Bonchev–Trinajstić information content (AvgIpc) is 3.03. The lowest BCUT2D eigenvalue weighted by Crippen LogP contribution is -2.55. The first-order valence-electron chi connectivity index (χ1n) is 14.7. The van der Waals surface area contributed by atoms with Crippen LogP contribution < -0.4 is 25.2 Å². The molecule has 1 fully saturated rings. The summed E-state index contributed by atoms with van der Waals surface area (Å²) >= 11 is 0. The molecule has 2 aliphatic rings. The van der Waals surface area contributed by atoms with Crippen molar-refractivity contribution in [3.63, 3.8) is 0 Å². The number of rotatable bonds is 8. The number of ether oxygens (including phenoxy) is 2. The number of nitrogens with zero attached hydrogens (tertiary/aromatic N) is 2. The molecule has 2 aromatic carbocycles. The predicted octanol–water partition coefficient (Wildman–Crippen LogP) is 4.95. The first-order valence-corrected chi connectivity index (χ1v) is 14.7. The van der Waals surface area contributed by atoms with Crippen molar-refractivity contribution < 1.29 is 33.8 Å². The van der Waals surface area contributed by atoms with Crippen LogP contribution in [0, 0.1) is 0 Å². The van der Waals surface area contributed by atoms with Crippen molar-refractivity contribution in [2.24, 2.45) is 0 Å². The summed E-state index contributed by atoms with van der Waals surface area (Å²) in [5.74, 6) is -1.84. The van der Waals surface area contributed by atoms with Gasteiger partial charge >= 0.3 is 18.0 Å². The third-order valence-electron chi connectivity index (χ3n) is 7.43. The van der Waals surface area contributed by atoms with Crippen LogP contribution in [-0.2, 0) is 19.1 Å². The van der Waals surface area contributed by atoms with Gasteiger partial charge in [0.25, 0.3) is 5.91 Å². The number of carbonyl (C=O) groups excluding carboxylic acids is 3. The van der Waals surface area contributed by atoms with Crippen LogP contribution in [-0.4, -0.2) is 65.4 Å². The SMILES string of the molecule is CC(C)(C)OC(=O)CN1C(=O)[C@H](NC(=O)Nc2cccc(OC(C)(C)C(=O)O)c2)CN(C2CCCCC2)c2ccccc21. The molecule has 1 atom stereocenters. The summed E-state index contributed by atoms with van der Waals surface area (Å²) in [6.07, 6.45) is 5.25. The molecule has 0 spiro atoms. The monoisotopic (exact) mass is 594 g/mol. The summed E-state index contributed by atoms with van der Waals surface area (Å²) in [4.78, 5) is 55.4. The molecule has 1 aliphatic heterocycles. The van der Waals surface area contributed by atoms with Gasteiger partial charge in [-0.1, -0.05) is 37.5 Å². The number of amides is 3. The summed E-state index contributed by atoms with van der Waals surface area (Å²) in [6, 6.07) is 12.5. The summed E-state index contributed by atoms with van der Waals surface area (Å²) in [6.45, 7) is 8.10. The molecular formula is C32H42N4O7. The van der Waals surface area contributed by atoms with E-state index in [1.807, 2.05) is 24.3 Å². The molecule has 3 amide bonds. The van der Waals surface area contributed by atoms with E-state index in [9.17, 15) is 24.3 Å². The summed E-state index contributed by atoms with van der Waals surface area (Å²) in [5, 5.41) is 14.9. The number of para-hydroxylation sites is 2. The fourth-order valence-electron chi connectivity index (χ4n) is 5.43. The molecule has 3 N–H and O–H groups in total. The van der Waals surface area contributed by atoms with E-state index < -0.39 is 41.1 Å². The van der Waals surface area contributed by atoms with E-state index in [1.165, 1.54) is 24.8 Å². The zero-order valence-corrected chi connectivity index (χ0v) is 25.5. The number of hydrogen-bond acceptors (Lipinski definition) is 7. The quantitative estimate of drug-likeness (QED) is 0.365. The second-order valence-electron chi connectivity index (χ2n) is 12.5. The van der Waals surface area contributed by atoms with E-state index in [4.69, 9.17) is 9.47 Å².